The Morgan fingerprint density at radius 2 is 1.70 bits per heavy atom. The number of fused-ring (bicyclic) bond motifs is 2. The zero-order valence-electron chi connectivity index (χ0n) is 21.7. The van der Waals surface area contributed by atoms with Gasteiger partial charge in [-0.2, -0.15) is 0 Å². The number of carbonyl (C=O) groups is 1. The fourth-order valence-electron chi connectivity index (χ4n) is 5.26. The summed E-state index contributed by atoms with van der Waals surface area (Å²) in [5, 5.41) is 11.0. The third kappa shape index (κ3) is 5.01. The number of allylic oxidation sites excluding steroid dienone is 1. The standard InChI is InChI=1S/C33H33NO3/c1-4-33(2,3)25-19-24(18-23-14-8-11-17-29(23)37-21-22-12-6-5-7-13-22)31-27(20-25)30(32(35)36)26-15-9-10-16-28(26)34-31/h5-18,25H,4,19-21H2,1-3H3,(H,35,36). The number of benzene rings is 3. The molecule has 0 fully saturated rings. The van der Waals surface area contributed by atoms with Crippen molar-refractivity contribution in [1.82, 2.24) is 4.98 Å². The highest BCUT2D eigenvalue weighted by Crippen LogP contribution is 2.46. The van der Waals surface area contributed by atoms with Gasteiger partial charge in [0, 0.05) is 10.9 Å². The summed E-state index contributed by atoms with van der Waals surface area (Å²) < 4.78 is 6.24. The quantitative estimate of drug-likeness (QED) is 0.284. The average Bonchev–Trinajstić information content (AvgIpc) is 2.91. The summed E-state index contributed by atoms with van der Waals surface area (Å²) in [5.74, 6) is 0.210. The van der Waals surface area contributed by atoms with Crippen LogP contribution in [0, 0.1) is 11.3 Å². The Hall–Kier alpha value is -3.92. The van der Waals surface area contributed by atoms with Gasteiger partial charge in [-0.25, -0.2) is 9.78 Å². The second-order valence-electron chi connectivity index (χ2n) is 10.6. The molecule has 1 N–H and O–H groups in total. The summed E-state index contributed by atoms with van der Waals surface area (Å²) >= 11 is 0. The van der Waals surface area contributed by atoms with Crippen LogP contribution in [0.4, 0.5) is 0 Å². The normalized spacial score (nSPS) is 16.5. The van der Waals surface area contributed by atoms with Gasteiger partial charge in [-0.3, -0.25) is 0 Å². The van der Waals surface area contributed by atoms with Gasteiger partial charge < -0.3 is 9.84 Å². The molecule has 1 heterocycles. The Bertz CT molecular complexity index is 1470. The van der Waals surface area contributed by atoms with Crippen LogP contribution in [0.2, 0.25) is 0 Å². The van der Waals surface area contributed by atoms with E-state index in [-0.39, 0.29) is 5.41 Å². The molecule has 4 heteroatoms. The monoisotopic (exact) mass is 491 g/mol. The van der Waals surface area contributed by atoms with E-state index in [4.69, 9.17) is 9.72 Å². The maximum Gasteiger partial charge on any atom is 0.336 e. The lowest BCUT2D eigenvalue weighted by Crippen LogP contribution is -2.30. The molecule has 3 aromatic carbocycles. The van der Waals surface area contributed by atoms with Crippen molar-refractivity contribution in [1.29, 1.82) is 0 Å². The van der Waals surface area contributed by atoms with Crippen molar-refractivity contribution in [3.8, 4) is 5.75 Å². The van der Waals surface area contributed by atoms with Crippen LogP contribution in [-0.2, 0) is 13.0 Å². The molecule has 0 aliphatic heterocycles. The Kier molecular flexibility index (Phi) is 6.84. The van der Waals surface area contributed by atoms with Crippen molar-refractivity contribution >= 4 is 28.5 Å². The number of carboxylic acids is 1. The van der Waals surface area contributed by atoms with Gasteiger partial charge >= 0.3 is 5.97 Å². The van der Waals surface area contributed by atoms with Crippen molar-refractivity contribution in [2.75, 3.05) is 0 Å². The molecule has 4 nitrogen and oxygen atoms in total. The first kappa shape index (κ1) is 24.8. The summed E-state index contributed by atoms with van der Waals surface area (Å²) in [4.78, 5) is 17.6. The van der Waals surface area contributed by atoms with Crippen LogP contribution in [0.25, 0.3) is 22.6 Å². The number of aromatic carboxylic acids is 1. The molecule has 0 spiro atoms. The van der Waals surface area contributed by atoms with Gasteiger partial charge in [0.1, 0.15) is 12.4 Å². The van der Waals surface area contributed by atoms with E-state index in [2.05, 4.69) is 45.0 Å². The molecule has 1 aliphatic carbocycles. The number of pyridine rings is 1. The molecule has 0 radical (unpaired) electrons. The average molecular weight is 492 g/mol. The summed E-state index contributed by atoms with van der Waals surface area (Å²) in [6.07, 6.45) is 4.72. The van der Waals surface area contributed by atoms with Gasteiger partial charge in [-0.05, 0) is 59.1 Å². The lowest BCUT2D eigenvalue weighted by atomic mass is 9.67. The van der Waals surface area contributed by atoms with E-state index >= 15 is 0 Å². The Morgan fingerprint density at radius 3 is 2.46 bits per heavy atom. The predicted molar refractivity (Wildman–Crippen MR) is 150 cm³/mol. The number of para-hydroxylation sites is 2. The maximum absolute atomic E-state index is 12.6. The number of ether oxygens (including phenoxy) is 1. The molecule has 1 aliphatic rings. The van der Waals surface area contributed by atoms with Gasteiger partial charge in [0.05, 0.1) is 16.8 Å². The lowest BCUT2D eigenvalue weighted by Gasteiger charge is -2.38. The first-order valence-corrected chi connectivity index (χ1v) is 13.0. The third-order valence-electron chi connectivity index (χ3n) is 7.93. The molecule has 0 saturated carbocycles. The Balaban J connectivity index is 1.64. The first-order chi connectivity index (χ1) is 17.9. The SMILES string of the molecule is CCC(C)(C)C1CC(=Cc2ccccc2OCc2ccccc2)c2nc3ccccc3c(C(=O)O)c2C1. The summed E-state index contributed by atoms with van der Waals surface area (Å²) in [6.45, 7) is 7.26. The van der Waals surface area contributed by atoms with Crippen LogP contribution in [0.1, 0.15) is 66.4 Å². The highest BCUT2D eigenvalue weighted by molar-refractivity contribution is 6.06. The van der Waals surface area contributed by atoms with Crippen molar-refractivity contribution in [3.63, 3.8) is 0 Å². The van der Waals surface area contributed by atoms with Crippen LogP contribution in [0.15, 0.2) is 78.9 Å². The van der Waals surface area contributed by atoms with Gasteiger partial charge in [0.15, 0.2) is 0 Å². The summed E-state index contributed by atoms with van der Waals surface area (Å²) in [6, 6.07) is 25.7. The minimum Gasteiger partial charge on any atom is -0.488 e. The maximum atomic E-state index is 12.6. The van der Waals surface area contributed by atoms with Crippen molar-refractivity contribution < 1.29 is 14.6 Å². The topological polar surface area (TPSA) is 59.4 Å². The predicted octanol–water partition coefficient (Wildman–Crippen LogP) is 8.05. The molecule has 5 rings (SSSR count). The Morgan fingerprint density at radius 1 is 1.00 bits per heavy atom. The number of hydrogen-bond donors (Lipinski definition) is 1. The van der Waals surface area contributed by atoms with Gasteiger partial charge in [0.25, 0.3) is 0 Å². The fourth-order valence-corrected chi connectivity index (χ4v) is 5.26. The minimum atomic E-state index is -0.893. The van der Waals surface area contributed by atoms with Crippen molar-refractivity contribution in [2.45, 2.75) is 46.6 Å². The van der Waals surface area contributed by atoms with Crippen molar-refractivity contribution in [2.24, 2.45) is 11.3 Å². The largest absolute Gasteiger partial charge is 0.488 e. The van der Waals surface area contributed by atoms with Crippen LogP contribution in [0.5, 0.6) is 5.75 Å². The molecule has 0 amide bonds. The van der Waals surface area contributed by atoms with E-state index in [0.29, 0.717) is 35.4 Å². The second kappa shape index (κ2) is 10.2. The summed E-state index contributed by atoms with van der Waals surface area (Å²) in [7, 11) is 0. The van der Waals surface area contributed by atoms with Crippen LogP contribution >= 0.6 is 0 Å². The zero-order valence-corrected chi connectivity index (χ0v) is 21.7. The molecule has 0 saturated heterocycles. The van der Waals surface area contributed by atoms with E-state index in [1.807, 2.05) is 60.7 Å². The van der Waals surface area contributed by atoms with Gasteiger partial charge in [0.2, 0.25) is 0 Å². The first-order valence-electron chi connectivity index (χ1n) is 13.0. The van der Waals surface area contributed by atoms with Crippen LogP contribution < -0.4 is 4.74 Å². The molecule has 0 bridgehead atoms. The Labute approximate surface area is 218 Å². The summed E-state index contributed by atoms with van der Waals surface area (Å²) in [5.41, 5.74) is 5.95. The third-order valence-corrected chi connectivity index (χ3v) is 7.93. The molecule has 37 heavy (non-hydrogen) atoms. The zero-order chi connectivity index (χ0) is 26.0. The van der Waals surface area contributed by atoms with Crippen LogP contribution in [-0.4, -0.2) is 16.1 Å². The number of aromatic nitrogens is 1. The number of rotatable bonds is 7. The van der Waals surface area contributed by atoms with E-state index < -0.39 is 5.97 Å². The number of carboxylic acid groups (broad SMARTS) is 1. The lowest BCUT2D eigenvalue weighted by molar-refractivity contribution is 0.0696. The molecule has 1 unspecified atom stereocenters. The number of nitrogens with zero attached hydrogens (tertiary/aromatic N) is 1. The van der Waals surface area contributed by atoms with E-state index in [0.717, 1.165) is 46.5 Å². The fraction of sp³-hybridized carbons (Fsp3) is 0.273. The van der Waals surface area contributed by atoms with E-state index in [1.165, 1.54) is 0 Å². The van der Waals surface area contributed by atoms with Gasteiger partial charge in [-0.1, -0.05) is 93.9 Å². The smallest absolute Gasteiger partial charge is 0.336 e. The molecule has 1 aromatic heterocycles. The van der Waals surface area contributed by atoms with Gasteiger partial charge in [-0.15, -0.1) is 0 Å². The van der Waals surface area contributed by atoms with Crippen LogP contribution in [0.3, 0.4) is 0 Å². The number of hydrogen-bond acceptors (Lipinski definition) is 3. The molecule has 1 atom stereocenters. The van der Waals surface area contributed by atoms with Crippen molar-refractivity contribution in [3.05, 3.63) is 107 Å². The highest BCUT2D eigenvalue weighted by atomic mass is 16.5. The van der Waals surface area contributed by atoms with E-state index in [9.17, 15) is 9.90 Å². The highest BCUT2D eigenvalue weighted by Gasteiger charge is 2.36. The van der Waals surface area contributed by atoms with E-state index in [1.54, 1.807) is 0 Å². The minimum absolute atomic E-state index is 0.0571. The molecule has 188 valence electrons. The molecular formula is C33H33NO3. The second-order valence-corrected chi connectivity index (χ2v) is 10.6. The molecule has 4 aromatic rings. The molecular weight excluding hydrogens is 458 g/mol.